The van der Waals surface area contributed by atoms with Crippen molar-refractivity contribution in [2.24, 2.45) is 5.92 Å². The first kappa shape index (κ1) is 21.4. The molecule has 0 aliphatic carbocycles. The van der Waals surface area contributed by atoms with Crippen LogP contribution in [0.2, 0.25) is 0 Å². The molecule has 1 atom stereocenters. The number of allylic oxidation sites excluding steroid dienone is 1. The third-order valence-corrected chi connectivity index (χ3v) is 5.02. The van der Waals surface area contributed by atoms with Crippen LogP contribution in [0.4, 0.5) is 0 Å². The summed E-state index contributed by atoms with van der Waals surface area (Å²) in [5, 5.41) is 25.4. The van der Waals surface area contributed by atoms with Gasteiger partial charge in [0.25, 0.3) is 0 Å². The Kier molecular flexibility index (Phi) is 7.96. The monoisotopic (exact) mass is 397 g/mol. The number of ether oxygens (including phenoxy) is 1. The van der Waals surface area contributed by atoms with Crippen LogP contribution in [-0.2, 0) is 24.4 Å². The number of Topliss-reactive ketones (excluding diaryl/α,β-unsaturated/α-hetero) is 1. The molecule has 0 fully saturated rings. The molecular formula is C20H23N5O2S. The molecule has 0 amide bonds. The highest BCUT2D eigenvalue weighted by atomic mass is 32.2. The SMILES string of the molecule is C=CCn1c(COc2ccc(CC)cc2)nnc1SCC(=O)[C@H](C#N)C(C)=N. The van der Waals surface area contributed by atoms with Crippen molar-refractivity contribution in [3.05, 3.63) is 48.3 Å². The van der Waals surface area contributed by atoms with E-state index >= 15 is 0 Å². The van der Waals surface area contributed by atoms with Crippen molar-refractivity contribution in [1.82, 2.24) is 14.8 Å². The van der Waals surface area contributed by atoms with Crippen molar-refractivity contribution in [2.45, 2.75) is 38.6 Å². The quantitative estimate of drug-likeness (QED) is 0.354. The largest absolute Gasteiger partial charge is 0.486 e. The van der Waals surface area contributed by atoms with E-state index < -0.39 is 5.92 Å². The molecule has 8 heteroatoms. The van der Waals surface area contributed by atoms with Gasteiger partial charge in [-0.2, -0.15) is 5.26 Å². The van der Waals surface area contributed by atoms with Gasteiger partial charge in [0, 0.05) is 12.3 Å². The molecule has 0 bridgehead atoms. The van der Waals surface area contributed by atoms with Gasteiger partial charge < -0.3 is 10.1 Å². The Hall–Kier alpha value is -2.92. The normalized spacial score (nSPS) is 11.5. The smallest absolute Gasteiger partial charge is 0.192 e. The number of aromatic nitrogens is 3. The van der Waals surface area contributed by atoms with Crippen molar-refractivity contribution in [3.8, 4) is 11.8 Å². The summed E-state index contributed by atoms with van der Waals surface area (Å²) in [7, 11) is 0. The van der Waals surface area contributed by atoms with E-state index in [2.05, 4.69) is 23.7 Å². The van der Waals surface area contributed by atoms with Gasteiger partial charge in [0.05, 0.1) is 11.8 Å². The molecule has 146 valence electrons. The van der Waals surface area contributed by atoms with Crippen LogP contribution in [0.25, 0.3) is 0 Å². The summed E-state index contributed by atoms with van der Waals surface area (Å²) in [5.74, 6) is 0.0740. The first-order valence-electron chi connectivity index (χ1n) is 8.85. The lowest BCUT2D eigenvalue weighted by Gasteiger charge is -2.10. The van der Waals surface area contributed by atoms with Gasteiger partial charge in [-0.05, 0) is 31.0 Å². The van der Waals surface area contributed by atoms with Crippen LogP contribution in [0, 0.1) is 22.7 Å². The van der Waals surface area contributed by atoms with Crippen molar-refractivity contribution < 1.29 is 9.53 Å². The first-order valence-corrected chi connectivity index (χ1v) is 9.83. The van der Waals surface area contributed by atoms with Crippen LogP contribution in [0.1, 0.15) is 25.2 Å². The number of carbonyl (C=O) groups is 1. The number of rotatable bonds is 11. The van der Waals surface area contributed by atoms with Crippen LogP contribution in [0.5, 0.6) is 5.75 Å². The molecule has 0 spiro atoms. The second kappa shape index (κ2) is 10.4. The van der Waals surface area contributed by atoms with E-state index in [0.29, 0.717) is 17.5 Å². The molecular weight excluding hydrogens is 374 g/mol. The molecule has 0 unspecified atom stereocenters. The number of nitrogens with one attached hydrogen (secondary N) is 1. The molecule has 1 N–H and O–H groups in total. The summed E-state index contributed by atoms with van der Waals surface area (Å²) in [4.78, 5) is 12.1. The number of aryl methyl sites for hydroxylation is 1. The molecule has 2 aromatic rings. The Morgan fingerprint density at radius 1 is 1.43 bits per heavy atom. The van der Waals surface area contributed by atoms with Crippen molar-refractivity contribution in [1.29, 1.82) is 10.7 Å². The second-order valence-electron chi connectivity index (χ2n) is 6.08. The number of nitrogens with zero attached hydrogens (tertiary/aromatic N) is 4. The fourth-order valence-electron chi connectivity index (χ4n) is 2.44. The standard InChI is InChI=1S/C20H23N5O2S/c1-4-10-25-19(12-27-16-8-6-15(5-2)7-9-16)23-24-20(25)28-13-18(26)17(11-21)14(3)22/h4,6-9,17,22H,1,5,10,12-13H2,2-3H3/t17-/m1/s1. The van der Waals surface area contributed by atoms with Gasteiger partial charge in [0.15, 0.2) is 16.8 Å². The van der Waals surface area contributed by atoms with E-state index in [4.69, 9.17) is 15.4 Å². The lowest BCUT2D eigenvalue weighted by Crippen LogP contribution is -2.21. The Balaban J connectivity index is 2.05. The minimum Gasteiger partial charge on any atom is -0.486 e. The molecule has 0 aliphatic heterocycles. The molecule has 0 saturated heterocycles. The zero-order valence-corrected chi connectivity index (χ0v) is 16.8. The lowest BCUT2D eigenvalue weighted by molar-refractivity contribution is -0.117. The number of hydrogen-bond acceptors (Lipinski definition) is 7. The third-order valence-electron chi connectivity index (χ3n) is 4.03. The van der Waals surface area contributed by atoms with Crippen molar-refractivity contribution >= 4 is 23.3 Å². The minimum atomic E-state index is -1.02. The maximum atomic E-state index is 12.1. The Morgan fingerprint density at radius 3 is 2.71 bits per heavy atom. The topological polar surface area (TPSA) is 105 Å². The summed E-state index contributed by atoms with van der Waals surface area (Å²) in [6.07, 6.45) is 2.69. The van der Waals surface area contributed by atoms with Gasteiger partial charge in [-0.1, -0.05) is 36.9 Å². The zero-order valence-electron chi connectivity index (χ0n) is 16.0. The van der Waals surface area contributed by atoms with Crippen LogP contribution in [0.15, 0.2) is 42.1 Å². The minimum absolute atomic E-state index is 0.0447. The summed E-state index contributed by atoms with van der Waals surface area (Å²) in [5.41, 5.74) is 1.28. The molecule has 1 aromatic heterocycles. The van der Waals surface area contributed by atoms with E-state index in [0.717, 1.165) is 12.2 Å². The third kappa shape index (κ3) is 5.54. The molecule has 0 radical (unpaired) electrons. The van der Waals surface area contributed by atoms with Gasteiger partial charge in [-0.3, -0.25) is 9.36 Å². The van der Waals surface area contributed by atoms with Crippen molar-refractivity contribution in [3.63, 3.8) is 0 Å². The number of ketones is 1. The van der Waals surface area contributed by atoms with E-state index in [1.54, 1.807) is 6.08 Å². The molecule has 1 heterocycles. The number of carbonyl (C=O) groups excluding carboxylic acids is 1. The highest BCUT2D eigenvalue weighted by Crippen LogP contribution is 2.20. The maximum Gasteiger partial charge on any atom is 0.192 e. The van der Waals surface area contributed by atoms with Crippen LogP contribution < -0.4 is 4.74 Å². The highest BCUT2D eigenvalue weighted by molar-refractivity contribution is 7.99. The van der Waals surface area contributed by atoms with Crippen LogP contribution >= 0.6 is 11.8 Å². The number of nitriles is 1. The Morgan fingerprint density at radius 2 is 2.14 bits per heavy atom. The Labute approximate surface area is 168 Å². The summed E-state index contributed by atoms with van der Waals surface area (Å²) in [6.45, 7) is 8.02. The van der Waals surface area contributed by atoms with Gasteiger partial charge in [-0.25, -0.2) is 0 Å². The molecule has 28 heavy (non-hydrogen) atoms. The summed E-state index contributed by atoms with van der Waals surface area (Å²) in [6, 6.07) is 9.75. The molecule has 2 rings (SSSR count). The fourth-order valence-corrected chi connectivity index (χ4v) is 3.32. The highest BCUT2D eigenvalue weighted by Gasteiger charge is 2.21. The maximum absolute atomic E-state index is 12.1. The molecule has 0 aliphatic rings. The van der Waals surface area contributed by atoms with E-state index in [1.807, 2.05) is 34.9 Å². The predicted molar refractivity (Wildman–Crippen MR) is 109 cm³/mol. The Bertz CT molecular complexity index is 883. The van der Waals surface area contributed by atoms with Crippen LogP contribution in [-0.4, -0.2) is 32.0 Å². The second-order valence-corrected chi connectivity index (χ2v) is 7.03. The summed E-state index contributed by atoms with van der Waals surface area (Å²) < 4.78 is 7.62. The first-order chi connectivity index (χ1) is 13.5. The average Bonchev–Trinajstić information content (AvgIpc) is 3.07. The van der Waals surface area contributed by atoms with E-state index in [9.17, 15) is 4.79 Å². The fraction of sp³-hybridized carbons (Fsp3) is 0.350. The van der Waals surface area contributed by atoms with E-state index in [1.165, 1.54) is 24.2 Å². The summed E-state index contributed by atoms with van der Waals surface area (Å²) >= 11 is 1.19. The molecule has 7 nitrogen and oxygen atoms in total. The van der Waals surface area contributed by atoms with Gasteiger partial charge in [-0.15, -0.1) is 16.8 Å². The lowest BCUT2D eigenvalue weighted by atomic mass is 10.0. The van der Waals surface area contributed by atoms with E-state index in [-0.39, 0.29) is 23.9 Å². The predicted octanol–water partition coefficient (Wildman–Crippen LogP) is 3.45. The molecule has 0 saturated carbocycles. The van der Waals surface area contributed by atoms with Gasteiger partial charge in [0.1, 0.15) is 18.3 Å². The van der Waals surface area contributed by atoms with Gasteiger partial charge in [0.2, 0.25) is 0 Å². The van der Waals surface area contributed by atoms with Crippen molar-refractivity contribution in [2.75, 3.05) is 5.75 Å². The number of benzene rings is 1. The zero-order chi connectivity index (χ0) is 20.5. The number of thioether (sulfide) groups is 1. The number of hydrogen-bond donors (Lipinski definition) is 1. The average molecular weight is 398 g/mol. The van der Waals surface area contributed by atoms with Gasteiger partial charge >= 0.3 is 0 Å². The van der Waals surface area contributed by atoms with Crippen LogP contribution in [0.3, 0.4) is 0 Å². The molecule has 1 aromatic carbocycles.